The van der Waals surface area contributed by atoms with Gasteiger partial charge in [-0.15, -0.1) is 0 Å². The van der Waals surface area contributed by atoms with Crippen molar-refractivity contribution in [1.29, 1.82) is 0 Å². The summed E-state index contributed by atoms with van der Waals surface area (Å²) in [6, 6.07) is 4.87. The smallest absolute Gasteiger partial charge is 0.334 e. The van der Waals surface area contributed by atoms with E-state index in [0.29, 0.717) is 24.2 Å². The molecule has 1 aliphatic rings. The Labute approximate surface area is 119 Å². The van der Waals surface area contributed by atoms with Crippen LogP contribution in [0.4, 0.5) is 4.39 Å². The number of ether oxygens (including phenoxy) is 1. The number of carboxylic acids is 1. The maximum Gasteiger partial charge on any atom is 0.334 e. The number of carbonyl (C=O) groups is 1. The normalized spacial score (nSPS) is 22.2. The van der Waals surface area contributed by atoms with Crippen LogP contribution in [0.3, 0.4) is 0 Å². The Kier molecular flexibility index (Phi) is 4.54. The van der Waals surface area contributed by atoms with Gasteiger partial charge in [-0.2, -0.15) is 0 Å². The molecule has 1 N–H and O–H groups in total. The molecule has 104 valence electrons. The van der Waals surface area contributed by atoms with Crippen LogP contribution in [0.5, 0.6) is 0 Å². The van der Waals surface area contributed by atoms with Crippen molar-refractivity contribution in [3.05, 3.63) is 34.1 Å². The second kappa shape index (κ2) is 5.98. The van der Waals surface area contributed by atoms with Gasteiger partial charge in [-0.25, -0.2) is 9.18 Å². The first-order valence-corrected chi connectivity index (χ1v) is 6.81. The molecule has 1 aromatic rings. The van der Waals surface area contributed by atoms with Crippen molar-refractivity contribution in [1.82, 2.24) is 4.90 Å². The summed E-state index contributed by atoms with van der Waals surface area (Å²) in [7, 11) is 0. The van der Waals surface area contributed by atoms with Crippen LogP contribution in [0.2, 0.25) is 0 Å². The van der Waals surface area contributed by atoms with Gasteiger partial charge in [-0.1, -0.05) is 6.07 Å². The van der Waals surface area contributed by atoms with Gasteiger partial charge in [0.2, 0.25) is 0 Å². The van der Waals surface area contributed by atoms with Crippen molar-refractivity contribution in [2.75, 3.05) is 19.7 Å². The topological polar surface area (TPSA) is 49.8 Å². The first-order chi connectivity index (χ1) is 8.99. The average molecular weight is 332 g/mol. The molecular weight excluding hydrogens is 317 g/mol. The second-order valence-corrected chi connectivity index (χ2v) is 5.40. The minimum Gasteiger partial charge on any atom is -0.479 e. The first kappa shape index (κ1) is 14.4. The number of rotatable bonds is 3. The summed E-state index contributed by atoms with van der Waals surface area (Å²) >= 11 is 3.16. The maximum absolute atomic E-state index is 13.2. The number of morpholine rings is 1. The molecule has 1 heterocycles. The Hall–Kier alpha value is -0.980. The van der Waals surface area contributed by atoms with E-state index >= 15 is 0 Å². The standard InChI is InChI=1S/C13H15BrFNO3/c1-8(9-2-3-11(15)10(14)6-9)16-4-5-19-12(7-16)13(17)18/h2-3,6,8,12H,4-5,7H2,1H3,(H,17,18). The summed E-state index contributed by atoms with van der Waals surface area (Å²) in [4.78, 5) is 13.0. The van der Waals surface area contributed by atoms with E-state index in [1.165, 1.54) is 6.07 Å². The van der Waals surface area contributed by atoms with Crippen LogP contribution in [-0.4, -0.2) is 41.8 Å². The van der Waals surface area contributed by atoms with Gasteiger partial charge in [0.05, 0.1) is 11.1 Å². The molecule has 2 atom stereocenters. The Morgan fingerprint density at radius 2 is 2.37 bits per heavy atom. The Morgan fingerprint density at radius 3 is 3.00 bits per heavy atom. The number of hydrogen-bond acceptors (Lipinski definition) is 3. The zero-order chi connectivity index (χ0) is 14.0. The van der Waals surface area contributed by atoms with Gasteiger partial charge in [-0.3, -0.25) is 4.90 Å². The van der Waals surface area contributed by atoms with E-state index in [1.807, 2.05) is 11.8 Å². The van der Waals surface area contributed by atoms with Gasteiger partial charge < -0.3 is 9.84 Å². The van der Waals surface area contributed by atoms with Crippen molar-refractivity contribution in [2.24, 2.45) is 0 Å². The van der Waals surface area contributed by atoms with Crippen LogP contribution < -0.4 is 0 Å². The lowest BCUT2D eigenvalue weighted by Crippen LogP contribution is -2.46. The van der Waals surface area contributed by atoms with Gasteiger partial charge in [-0.05, 0) is 40.5 Å². The molecule has 1 fully saturated rings. The van der Waals surface area contributed by atoms with Crippen LogP contribution in [0.15, 0.2) is 22.7 Å². The predicted octanol–water partition coefficient (Wildman–Crippen LogP) is 2.43. The van der Waals surface area contributed by atoms with Crippen molar-refractivity contribution in [2.45, 2.75) is 19.1 Å². The van der Waals surface area contributed by atoms with Crippen LogP contribution in [0.1, 0.15) is 18.5 Å². The summed E-state index contributed by atoms with van der Waals surface area (Å²) < 4.78 is 18.8. The lowest BCUT2D eigenvalue weighted by molar-refractivity contribution is -0.157. The van der Waals surface area contributed by atoms with Gasteiger partial charge >= 0.3 is 5.97 Å². The first-order valence-electron chi connectivity index (χ1n) is 6.02. The zero-order valence-corrected chi connectivity index (χ0v) is 12.1. The summed E-state index contributed by atoms with van der Waals surface area (Å²) in [5.74, 6) is -1.25. The monoisotopic (exact) mass is 331 g/mol. The molecule has 1 aromatic carbocycles. The molecular formula is C13H15BrFNO3. The summed E-state index contributed by atoms with van der Waals surface area (Å²) in [6.45, 7) is 3.37. The van der Waals surface area contributed by atoms with Crippen LogP contribution in [0, 0.1) is 5.82 Å². The molecule has 19 heavy (non-hydrogen) atoms. The molecule has 2 rings (SSSR count). The number of aliphatic carboxylic acids is 1. The summed E-state index contributed by atoms with van der Waals surface area (Å²) in [5.41, 5.74) is 0.944. The van der Waals surface area contributed by atoms with Crippen LogP contribution in [-0.2, 0) is 9.53 Å². The number of benzene rings is 1. The Bertz CT molecular complexity index is 483. The molecule has 0 aromatic heterocycles. The van der Waals surface area contributed by atoms with E-state index in [0.717, 1.165) is 5.56 Å². The summed E-state index contributed by atoms with van der Waals surface area (Å²) in [6.07, 6.45) is -0.792. The van der Waals surface area contributed by atoms with E-state index in [1.54, 1.807) is 12.1 Å². The second-order valence-electron chi connectivity index (χ2n) is 4.54. The molecule has 0 amide bonds. The highest BCUT2D eigenvalue weighted by Crippen LogP contribution is 2.26. The van der Waals surface area contributed by atoms with Crippen molar-refractivity contribution < 1.29 is 19.0 Å². The Morgan fingerprint density at radius 1 is 1.63 bits per heavy atom. The molecule has 6 heteroatoms. The fraction of sp³-hybridized carbons (Fsp3) is 0.462. The molecule has 0 spiro atoms. The zero-order valence-electron chi connectivity index (χ0n) is 10.5. The largest absolute Gasteiger partial charge is 0.479 e. The minimum atomic E-state index is -0.947. The van der Waals surface area contributed by atoms with Crippen molar-refractivity contribution >= 4 is 21.9 Å². The minimum absolute atomic E-state index is 0.0163. The highest BCUT2D eigenvalue weighted by Gasteiger charge is 2.29. The molecule has 0 bridgehead atoms. The van der Waals surface area contributed by atoms with Crippen molar-refractivity contribution in [3.63, 3.8) is 0 Å². The quantitative estimate of drug-likeness (QED) is 0.924. The predicted molar refractivity (Wildman–Crippen MR) is 71.5 cm³/mol. The van der Waals surface area contributed by atoms with E-state index in [2.05, 4.69) is 15.9 Å². The van der Waals surface area contributed by atoms with E-state index < -0.39 is 12.1 Å². The van der Waals surface area contributed by atoms with Crippen LogP contribution in [0.25, 0.3) is 0 Å². The number of halogens is 2. The van der Waals surface area contributed by atoms with Gasteiger partial charge in [0.15, 0.2) is 6.10 Å². The molecule has 0 radical (unpaired) electrons. The lowest BCUT2D eigenvalue weighted by Gasteiger charge is -2.35. The molecule has 2 unspecified atom stereocenters. The SMILES string of the molecule is CC(c1ccc(F)c(Br)c1)N1CCOC(C(=O)O)C1. The molecule has 1 saturated heterocycles. The number of nitrogens with zero attached hydrogens (tertiary/aromatic N) is 1. The number of hydrogen-bond donors (Lipinski definition) is 1. The summed E-state index contributed by atoms with van der Waals surface area (Å²) in [5, 5.41) is 8.98. The van der Waals surface area contributed by atoms with E-state index in [4.69, 9.17) is 9.84 Å². The third-order valence-corrected chi connectivity index (χ3v) is 3.95. The molecule has 4 nitrogen and oxygen atoms in total. The van der Waals surface area contributed by atoms with Crippen molar-refractivity contribution in [3.8, 4) is 0 Å². The highest BCUT2D eigenvalue weighted by atomic mass is 79.9. The number of carboxylic acid groups (broad SMARTS) is 1. The fourth-order valence-electron chi connectivity index (χ4n) is 2.15. The molecule has 1 aliphatic heterocycles. The molecule has 0 aliphatic carbocycles. The molecule has 0 saturated carbocycles. The average Bonchev–Trinajstić information content (AvgIpc) is 2.41. The third-order valence-electron chi connectivity index (χ3n) is 3.35. The van der Waals surface area contributed by atoms with Gasteiger partial charge in [0, 0.05) is 19.1 Å². The van der Waals surface area contributed by atoms with E-state index in [9.17, 15) is 9.18 Å². The lowest BCUT2D eigenvalue weighted by atomic mass is 10.1. The maximum atomic E-state index is 13.2. The Balaban J connectivity index is 2.12. The third kappa shape index (κ3) is 3.32. The fourth-order valence-corrected chi connectivity index (χ4v) is 2.55. The van der Waals surface area contributed by atoms with Crippen LogP contribution >= 0.6 is 15.9 Å². The van der Waals surface area contributed by atoms with Gasteiger partial charge in [0.25, 0.3) is 0 Å². The van der Waals surface area contributed by atoms with Gasteiger partial charge in [0.1, 0.15) is 5.82 Å². The van der Waals surface area contributed by atoms with E-state index in [-0.39, 0.29) is 11.9 Å². The highest BCUT2D eigenvalue weighted by molar-refractivity contribution is 9.10.